The number of furan rings is 1. The number of nitrogens with zero attached hydrogens (tertiary/aromatic N) is 3. The van der Waals surface area contributed by atoms with E-state index in [1.165, 1.54) is 16.4 Å². The van der Waals surface area contributed by atoms with Crippen LogP contribution in [0, 0.1) is 6.92 Å². The minimum Gasteiger partial charge on any atom is -0.438 e. The van der Waals surface area contributed by atoms with Gasteiger partial charge in [0.05, 0.1) is 0 Å². The van der Waals surface area contributed by atoms with Gasteiger partial charge in [0, 0.05) is 36.8 Å². The second kappa shape index (κ2) is 6.77. The zero-order valence-corrected chi connectivity index (χ0v) is 15.9. The predicted molar refractivity (Wildman–Crippen MR) is 94.9 cm³/mol. The molecule has 0 unspecified atom stereocenters. The first-order valence-corrected chi connectivity index (χ1v) is 9.79. The smallest absolute Gasteiger partial charge is 0.284 e. The lowest BCUT2D eigenvalue weighted by Crippen LogP contribution is -2.49. The SMILES string of the molecule is Cc1cc(Br)cnc1N1CCN(S(=O)(=O)c2ccc(C(N)=O)o2)CC1. The van der Waals surface area contributed by atoms with E-state index in [0.717, 1.165) is 15.9 Å². The summed E-state index contributed by atoms with van der Waals surface area (Å²) in [4.78, 5) is 17.5. The topological polar surface area (TPSA) is 110 Å². The zero-order chi connectivity index (χ0) is 18.2. The Labute approximate surface area is 153 Å². The first-order chi connectivity index (χ1) is 11.8. The molecule has 1 aliphatic rings. The van der Waals surface area contributed by atoms with E-state index in [9.17, 15) is 13.2 Å². The van der Waals surface area contributed by atoms with E-state index in [0.29, 0.717) is 26.2 Å². The molecule has 25 heavy (non-hydrogen) atoms. The van der Waals surface area contributed by atoms with Crippen molar-refractivity contribution in [2.75, 3.05) is 31.1 Å². The van der Waals surface area contributed by atoms with Gasteiger partial charge in [-0.25, -0.2) is 13.4 Å². The summed E-state index contributed by atoms with van der Waals surface area (Å²) in [6.07, 6.45) is 1.72. The fourth-order valence-corrected chi connectivity index (χ4v) is 4.50. The Balaban J connectivity index is 1.73. The van der Waals surface area contributed by atoms with Crippen LogP contribution in [0.1, 0.15) is 16.1 Å². The van der Waals surface area contributed by atoms with Crippen LogP contribution in [0.15, 0.2) is 38.4 Å². The number of aryl methyl sites for hydroxylation is 1. The van der Waals surface area contributed by atoms with E-state index in [1.807, 2.05) is 17.9 Å². The highest BCUT2D eigenvalue weighted by molar-refractivity contribution is 9.10. The van der Waals surface area contributed by atoms with Crippen molar-refractivity contribution in [2.24, 2.45) is 5.73 Å². The number of pyridine rings is 1. The number of carbonyl (C=O) groups excluding carboxylic acids is 1. The largest absolute Gasteiger partial charge is 0.438 e. The summed E-state index contributed by atoms with van der Waals surface area (Å²) in [7, 11) is -3.79. The fourth-order valence-electron chi connectivity index (χ4n) is 2.72. The van der Waals surface area contributed by atoms with Crippen molar-refractivity contribution in [3.8, 4) is 0 Å². The summed E-state index contributed by atoms with van der Waals surface area (Å²) in [5.41, 5.74) is 6.11. The van der Waals surface area contributed by atoms with Crippen molar-refractivity contribution in [3.05, 3.63) is 40.2 Å². The summed E-state index contributed by atoms with van der Waals surface area (Å²) in [5.74, 6) is -0.135. The van der Waals surface area contributed by atoms with Gasteiger partial charge in [0.25, 0.3) is 15.9 Å². The summed E-state index contributed by atoms with van der Waals surface area (Å²) < 4.78 is 32.5. The lowest BCUT2D eigenvalue weighted by Gasteiger charge is -2.34. The molecule has 0 aromatic carbocycles. The monoisotopic (exact) mass is 428 g/mol. The molecule has 2 aromatic heterocycles. The molecule has 8 nitrogen and oxygen atoms in total. The van der Waals surface area contributed by atoms with Gasteiger partial charge in [-0.1, -0.05) is 0 Å². The zero-order valence-electron chi connectivity index (χ0n) is 13.5. The van der Waals surface area contributed by atoms with Gasteiger partial charge >= 0.3 is 0 Å². The number of hydrogen-bond donors (Lipinski definition) is 1. The van der Waals surface area contributed by atoms with Crippen LogP contribution in [0.3, 0.4) is 0 Å². The van der Waals surface area contributed by atoms with Gasteiger partial charge in [0.1, 0.15) is 5.82 Å². The molecule has 0 spiro atoms. The normalized spacial score (nSPS) is 16.2. The summed E-state index contributed by atoms with van der Waals surface area (Å²) in [6, 6.07) is 4.49. The highest BCUT2D eigenvalue weighted by Crippen LogP contribution is 2.24. The lowest BCUT2D eigenvalue weighted by atomic mass is 10.2. The van der Waals surface area contributed by atoms with Crippen LogP contribution < -0.4 is 10.6 Å². The van der Waals surface area contributed by atoms with E-state index in [4.69, 9.17) is 10.2 Å². The van der Waals surface area contributed by atoms with Gasteiger partial charge in [-0.2, -0.15) is 4.31 Å². The number of primary amides is 1. The molecule has 2 aromatic rings. The van der Waals surface area contributed by atoms with Crippen molar-refractivity contribution in [2.45, 2.75) is 12.0 Å². The number of carbonyl (C=O) groups is 1. The highest BCUT2D eigenvalue weighted by Gasteiger charge is 2.32. The third-order valence-corrected chi connectivity index (χ3v) is 6.18. The first kappa shape index (κ1) is 17.9. The number of piperazine rings is 1. The number of hydrogen-bond acceptors (Lipinski definition) is 6. The molecule has 1 fully saturated rings. The van der Waals surface area contributed by atoms with Crippen LogP contribution >= 0.6 is 15.9 Å². The molecule has 1 amide bonds. The molecule has 1 aliphatic heterocycles. The van der Waals surface area contributed by atoms with E-state index < -0.39 is 15.9 Å². The molecule has 0 saturated carbocycles. The Morgan fingerprint density at radius 3 is 2.52 bits per heavy atom. The third-order valence-electron chi connectivity index (χ3n) is 3.97. The Hall–Kier alpha value is -1.91. The van der Waals surface area contributed by atoms with Crippen molar-refractivity contribution < 1.29 is 17.6 Å². The van der Waals surface area contributed by atoms with Crippen LogP contribution in [0.4, 0.5) is 5.82 Å². The average molecular weight is 429 g/mol. The molecule has 0 aliphatic carbocycles. The van der Waals surface area contributed by atoms with Crippen molar-refractivity contribution in [1.82, 2.24) is 9.29 Å². The molecule has 3 heterocycles. The predicted octanol–water partition coefficient (Wildman–Crippen LogP) is 1.36. The van der Waals surface area contributed by atoms with Crippen LogP contribution in [0.5, 0.6) is 0 Å². The average Bonchev–Trinajstić information content (AvgIpc) is 3.06. The van der Waals surface area contributed by atoms with E-state index >= 15 is 0 Å². The quantitative estimate of drug-likeness (QED) is 0.786. The third kappa shape index (κ3) is 3.55. The van der Waals surface area contributed by atoms with Crippen LogP contribution in [-0.4, -0.2) is 49.8 Å². The minimum atomic E-state index is -3.79. The minimum absolute atomic E-state index is 0.174. The Bertz CT molecular complexity index is 904. The second-order valence-corrected chi connectivity index (χ2v) is 8.45. The Morgan fingerprint density at radius 2 is 1.96 bits per heavy atom. The van der Waals surface area contributed by atoms with Crippen molar-refractivity contribution >= 4 is 37.7 Å². The standard InChI is InChI=1S/C15H17BrN4O4S/c1-10-8-11(16)9-18-15(10)19-4-6-20(7-5-19)25(22,23)13-3-2-12(24-13)14(17)21/h2-3,8-9H,4-7H2,1H3,(H2,17,21). The molecule has 134 valence electrons. The second-order valence-electron chi connectivity index (χ2n) is 5.67. The Morgan fingerprint density at radius 1 is 1.28 bits per heavy atom. The van der Waals surface area contributed by atoms with Crippen LogP contribution in [0.25, 0.3) is 0 Å². The first-order valence-electron chi connectivity index (χ1n) is 7.56. The van der Waals surface area contributed by atoms with Crippen molar-refractivity contribution in [1.29, 1.82) is 0 Å². The molecule has 0 atom stereocenters. The summed E-state index contributed by atoms with van der Waals surface area (Å²) in [5, 5.41) is -0.271. The molecule has 10 heteroatoms. The Kier molecular flexibility index (Phi) is 4.85. The lowest BCUT2D eigenvalue weighted by molar-refractivity contribution is 0.0968. The molecule has 2 N–H and O–H groups in total. The van der Waals surface area contributed by atoms with E-state index in [2.05, 4.69) is 20.9 Å². The van der Waals surface area contributed by atoms with Gasteiger partial charge in [-0.15, -0.1) is 0 Å². The number of sulfonamides is 1. The molecule has 1 saturated heterocycles. The summed E-state index contributed by atoms with van der Waals surface area (Å²) in [6.45, 7) is 3.58. The van der Waals surface area contributed by atoms with Gasteiger partial charge in [-0.05, 0) is 46.6 Å². The van der Waals surface area contributed by atoms with Crippen LogP contribution in [0.2, 0.25) is 0 Å². The maximum Gasteiger partial charge on any atom is 0.284 e. The van der Waals surface area contributed by atoms with Crippen molar-refractivity contribution in [3.63, 3.8) is 0 Å². The molecular formula is C15H17BrN4O4S. The number of halogens is 1. The molecular weight excluding hydrogens is 412 g/mol. The van der Waals surface area contributed by atoms with Crippen LogP contribution in [-0.2, 0) is 10.0 Å². The maximum absolute atomic E-state index is 12.6. The van der Waals surface area contributed by atoms with Gasteiger partial charge in [0.15, 0.2) is 5.76 Å². The fraction of sp³-hybridized carbons (Fsp3) is 0.333. The summed E-state index contributed by atoms with van der Waals surface area (Å²) >= 11 is 3.38. The highest BCUT2D eigenvalue weighted by atomic mass is 79.9. The number of amides is 1. The van der Waals surface area contributed by atoms with Gasteiger partial charge < -0.3 is 15.1 Å². The van der Waals surface area contributed by atoms with Gasteiger partial charge in [-0.3, -0.25) is 4.79 Å². The maximum atomic E-state index is 12.6. The molecule has 0 bridgehead atoms. The molecule has 3 rings (SSSR count). The van der Waals surface area contributed by atoms with E-state index in [1.54, 1.807) is 6.20 Å². The number of aromatic nitrogens is 1. The molecule has 0 radical (unpaired) electrons. The number of rotatable bonds is 4. The van der Waals surface area contributed by atoms with Gasteiger partial charge in [0.2, 0.25) is 5.09 Å². The number of anilines is 1. The van der Waals surface area contributed by atoms with E-state index in [-0.39, 0.29) is 10.9 Å². The number of nitrogens with two attached hydrogens (primary N) is 1.